The molecule has 16 heavy (non-hydrogen) atoms. The van der Waals surface area contributed by atoms with Gasteiger partial charge in [0.15, 0.2) is 5.12 Å². The second kappa shape index (κ2) is 5.65. The molecule has 0 amide bonds. The number of anilines is 1. The van der Waals surface area contributed by atoms with Crippen LogP contribution in [0.1, 0.15) is 12.5 Å². The van der Waals surface area contributed by atoms with Crippen molar-refractivity contribution in [3.05, 3.63) is 35.4 Å². The van der Waals surface area contributed by atoms with Crippen LogP contribution in [0.2, 0.25) is 0 Å². The van der Waals surface area contributed by atoms with E-state index in [1.54, 1.807) is 6.08 Å². The predicted molar refractivity (Wildman–Crippen MR) is 62.9 cm³/mol. The topological polar surface area (TPSA) is 43.1 Å². The molecular weight excluding hydrogens is 232 g/mol. The summed E-state index contributed by atoms with van der Waals surface area (Å²) >= 11 is 1.10. The van der Waals surface area contributed by atoms with Gasteiger partial charge in [0.25, 0.3) is 0 Å². The van der Waals surface area contributed by atoms with Crippen LogP contribution in [-0.2, 0) is 4.79 Å². The minimum absolute atomic E-state index is 0.0165. The number of hydrogen-bond acceptors (Lipinski definition) is 3. The molecule has 0 aromatic heterocycles. The van der Waals surface area contributed by atoms with Crippen molar-refractivity contribution in [3.63, 3.8) is 0 Å². The highest BCUT2D eigenvalue weighted by Crippen LogP contribution is 2.19. The van der Waals surface area contributed by atoms with Crippen LogP contribution in [-0.4, -0.2) is 10.9 Å². The molecule has 0 atom stereocenters. The fourth-order valence-corrected chi connectivity index (χ4v) is 1.54. The van der Waals surface area contributed by atoms with E-state index in [-0.39, 0.29) is 16.4 Å². The summed E-state index contributed by atoms with van der Waals surface area (Å²) in [6.45, 7) is 1.45. The summed E-state index contributed by atoms with van der Waals surface area (Å²) < 4.78 is 26.0. The van der Waals surface area contributed by atoms with Gasteiger partial charge in [-0.1, -0.05) is 23.9 Å². The van der Waals surface area contributed by atoms with Crippen LogP contribution in [0.3, 0.4) is 0 Å². The molecule has 0 bridgehead atoms. The Morgan fingerprint density at radius 3 is 2.75 bits per heavy atom. The molecule has 0 heterocycles. The molecule has 5 heteroatoms. The monoisotopic (exact) mass is 243 g/mol. The van der Waals surface area contributed by atoms with E-state index in [0.717, 1.165) is 23.9 Å². The van der Waals surface area contributed by atoms with Crippen molar-refractivity contribution in [2.24, 2.45) is 0 Å². The number of carbonyl (C=O) groups is 1. The molecule has 0 aliphatic heterocycles. The maximum atomic E-state index is 13.3. The van der Waals surface area contributed by atoms with Gasteiger partial charge in [-0.3, -0.25) is 4.79 Å². The summed E-state index contributed by atoms with van der Waals surface area (Å²) in [5, 5.41) is -0.0165. The van der Waals surface area contributed by atoms with Gasteiger partial charge in [-0.25, -0.2) is 8.78 Å². The lowest BCUT2D eigenvalue weighted by molar-refractivity contribution is -0.109. The van der Waals surface area contributed by atoms with Gasteiger partial charge < -0.3 is 5.73 Å². The highest BCUT2D eigenvalue weighted by Gasteiger charge is 2.05. The van der Waals surface area contributed by atoms with Gasteiger partial charge in [0.1, 0.15) is 11.6 Å². The average Bonchev–Trinajstić information content (AvgIpc) is 2.14. The second-order valence-corrected chi connectivity index (χ2v) is 4.29. The van der Waals surface area contributed by atoms with Crippen LogP contribution in [0.5, 0.6) is 0 Å². The molecular formula is C11H11F2NOS. The molecule has 0 fully saturated rings. The highest BCUT2D eigenvalue weighted by molar-refractivity contribution is 8.13. The first-order valence-electron chi connectivity index (χ1n) is 4.55. The van der Waals surface area contributed by atoms with E-state index >= 15 is 0 Å². The van der Waals surface area contributed by atoms with E-state index in [1.807, 2.05) is 0 Å². The van der Waals surface area contributed by atoms with Crippen LogP contribution in [0.15, 0.2) is 18.2 Å². The first-order chi connectivity index (χ1) is 7.50. The van der Waals surface area contributed by atoms with E-state index in [0.29, 0.717) is 5.75 Å². The zero-order valence-electron chi connectivity index (χ0n) is 8.67. The van der Waals surface area contributed by atoms with Crippen molar-refractivity contribution < 1.29 is 13.6 Å². The SMILES string of the molecule is CC(=O)SCC=Cc1c(N)cc(F)cc1F. The molecule has 86 valence electrons. The molecule has 2 nitrogen and oxygen atoms in total. The van der Waals surface area contributed by atoms with Crippen LogP contribution in [0.4, 0.5) is 14.5 Å². The van der Waals surface area contributed by atoms with E-state index in [2.05, 4.69) is 0 Å². The fourth-order valence-electron chi connectivity index (χ4n) is 1.11. The smallest absolute Gasteiger partial charge is 0.186 e. The molecule has 0 saturated carbocycles. The molecule has 1 rings (SSSR count). The Labute approximate surface area is 96.5 Å². The van der Waals surface area contributed by atoms with Crippen molar-refractivity contribution in [1.82, 2.24) is 0 Å². The van der Waals surface area contributed by atoms with Crippen molar-refractivity contribution in [1.29, 1.82) is 0 Å². The summed E-state index contributed by atoms with van der Waals surface area (Å²) in [7, 11) is 0. The fraction of sp³-hybridized carbons (Fsp3) is 0.182. The average molecular weight is 243 g/mol. The quantitative estimate of drug-likeness (QED) is 0.830. The number of carbonyl (C=O) groups excluding carboxylic acids is 1. The van der Waals surface area contributed by atoms with E-state index in [1.165, 1.54) is 13.0 Å². The first kappa shape index (κ1) is 12.7. The van der Waals surface area contributed by atoms with Gasteiger partial charge >= 0.3 is 0 Å². The molecule has 0 aliphatic carbocycles. The van der Waals surface area contributed by atoms with E-state index < -0.39 is 11.6 Å². The lowest BCUT2D eigenvalue weighted by Crippen LogP contribution is -1.95. The van der Waals surface area contributed by atoms with Crippen molar-refractivity contribution >= 4 is 28.6 Å². The van der Waals surface area contributed by atoms with E-state index in [4.69, 9.17) is 5.73 Å². The Morgan fingerprint density at radius 1 is 1.50 bits per heavy atom. The zero-order chi connectivity index (χ0) is 12.1. The molecule has 0 saturated heterocycles. The largest absolute Gasteiger partial charge is 0.398 e. The Bertz CT molecular complexity index is 409. The van der Waals surface area contributed by atoms with Crippen LogP contribution in [0, 0.1) is 11.6 Å². The minimum atomic E-state index is -0.707. The number of rotatable bonds is 3. The van der Waals surface area contributed by atoms with Crippen LogP contribution < -0.4 is 5.73 Å². The number of thioether (sulfide) groups is 1. The molecule has 0 radical (unpaired) electrons. The molecule has 0 unspecified atom stereocenters. The van der Waals surface area contributed by atoms with Crippen molar-refractivity contribution in [2.75, 3.05) is 11.5 Å². The maximum Gasteiger partial charge on any atom is 0.186 e. The minimum Gasteiger partial charge on any atom is -0.398 e. The summed E-state index contributed by atoms with van der Waals surface area (Å²) in [4.78, 5) is 10.6. The third-order valence-electron chi connectivity index (χ3n) is 1.79. The summed E-state index contributed by atoms with van der Waals surface area (Å²) in [5.74, 6) is -0.974. The normalized spacial score (nSPS) is 10.9. The predicted octanol–water partition coefficient (Wildman–Crippen LogP) is 2.84. The van der Waals surface area contributed by atoms with Gasteiger partial charge in [0.2, 0.25) is 0 Å². The standard InChI is InChI=1S/C11H11F2NOS/c1-7(15)16-4-2-3-9-10(13)5-8(12)6-11(9)14/h2-3,5-6H,4,14H2,1H3. The number of nitrogens with two attached hydrogens (primary N) is 1. The first-order valence-corrected chi connectivity index (χ1v) is 5.53. The van der Waals surface area contributed by atoms with Crippen molar-refractivity contribution in [3.8, 4) is 0 Å². The molecule has 1 aromatic rings. The van der Waals surface area contributed by atoms with Crippen LogP contribution in [0.25, 0.3) is 6.08 Å². The third kappa shape index (κ3) is 3.66. The third-order valence-corrected chi connectivity index (χ3v) is 2.56. The molecule has 0 aliphatic rings. The van der Waals surface area contributed by atoms with Crippen molar-refractivity contribution in [2.45, 2.75) is 6.92 Å². The molecule has 2 N–H and O–H groups in total. The number of benzene rings is 1. The van der Waals surface area contributed by atoms with Gasteiger partial charge in [-0.2, -0.15) is 0 Å². The highest BCUT2D eigenvalue weighted by atomic mass is 32.2. The van der Waals surface area contributed by atoms with Gasteiger partial charge in [-0.05, 0) is 6.07 Å². The van der Waals surface area contributed by atoms with Gasteiger partial charge in [-0.15, -0.1) is 0 Å². The second-order valence-electron chi connectivity index (χ2n) is 3.10. The summed E-state index contributed by atoms with van der Waals surface area (Å²) in [6.07, 6.45) is 3.05. The van der Waals surface area contributed by atoms with Crippen LogP contribution >= 0.6 is 11.8 Å². The Hall–Kier alpha value is -1.36. The Balaban J connectivity index is 2.77. The lowest BCUT2D eigenvalue weighted by atomic mass is 10.1. The van der Waals surface area contributed by atoms with Gasteiger partial charge in [0.05, 0.1) is 0 Å². The zero-order valence-corrected chi connectivity index (χ0v) is 9.48. The summed E-state index contributed by atoms with van der Waals surface area (Å²) in [6, 6.07) is 1.83. The van der Waals surface area contributed by atoms with E-state index in [9.17, 15) is 13.6 Å². The molecule has 1 aromatic carbocycles. The molecule has 0 spiro atoms. The number of nitrogen functional groups attached to an aromatic ring is 1. The lowest BCUT2D eigenvalue weighted by Gasteiger charge is -2.02. The Kier molecular flexibility index (Phi) is 4.49. The Morgan fingerprint density at radius 2 is 2.19 bits per heavy atom. The number of hydrogen-bond donors (Lipinski definition) is 1. The number of halogens is 2. The van der Waals surface area contributed by atoms with Gasteiger partial charge in [0, 0.05) is 30.0 Å². The maximum absolute atomic E-state index is 13.3. The summed E-state index contributed by atoms with van der Waals surface area (Å²) in [5.41, 5.74) is 5.65.